The van der Waals surface area contributed by atoms with Gasteiger partial charge in [-0.25, -0.2) is 0 Å². The van der Waals surface area contributed by atoms with Crippen molar-refractivity contribution in [2.24, 2.45) is 0 Å². The van der Waals surface area contributed by atoms with Crippen LogP contribution < -0.4 is 16.4 Å². The summed E-state index contributed by atoms with van der Waals surface area (Å²) in [7, 11) is 0. The first-order valence-electron chi connectivity index (χ1n) is 7.96. The lowest BCUT2D eigenvalue weighted by atomic mass is 10.1. The fraction of sp³-hybridized carbons (Fsp3) is 0.111. The maximum atomic E-state index is 11.3. The number of hydrogen-bond acceptors (Lipinski definition) is 7. The highest BCUT2D eigenvalue weighted by molar-refractivity contribution is 5.74. The third-order valence-electron chi connectivity index (χ3n) is 3.70. The second-order valence-electron chi connectivity index (χ2n) is 5.72. The van der Waals surface area contributed by atoms with Gasteiger partial charge in [0.15, 0.2) is 0 Å². The average Bonchev–Trinajstić information content (AvgIpc) is 2.61. The second kappa shape index (κ2) is 7.47. The largest absolute Gasteiger partial charge is 0.378 e. The molecule has 132 valence electrons. The number of anilines is 4. The third kappa shape index (κ3) is 4.04. The van der Waals surface area contributed by atoms with Crippen molar-refractivity contribution in [1.82, 2.24) is 9.97 Å². The first kappa shape index (κ1) is 17.2. The number of nitrogens with zero attached hydrogens (tertiary/aromatic N) is 3. The first-order chi connectivity index (χ1) is 12.5. The minimum atomic E-state index is -0.593. The molecular formula is C18H18N6O2. The Kier molecular flexibility index (Phi) is 4.93. The topological polar surface area (TPSA) is 119 Å². The normalized spacial score (nSPS) is 10.3. The van der Waals surface area contributed by atoms with Gasteiger partial charge in [0, 0.05) is 12.2 Å². The molecule has 1 aromatic heterocycles. The Morgan fingerprint density at radius 3 is 2.42 bits per heavy atom. The van der Waals surface area contributed by atoms with Crippen LogP contribution in [0.3, 0.4) is 0 Å². The molecule has 3 rings (SSSR count). The third-order valence-corrected chi connectivity index (χ3v) is 3.70. The number of nitrogen functional groups attached to an aromatic ring is 1. The zero-order chi connectivity index (χ0) is 18.5. The number of nitro groups is 1. The molecule has 0 fully saturated rings. The fourth-order valence-electron chi connectivity index (χ4n) is 2.36. The molecule has 0 amide bonds. The van der Waals surface area contributed by atoms with E-state index in [9.17, 15) is 10.1 Å². The smallest absolute Gasteiger partial charge is 0.353 e. The summed E-state index contributed by atoms with van der Waals surface area (Å²) in [6.45, 7) is 2.49. The van der Waals surface area contributed by atoms with Crippen LogP contribution in [0.4, 0.5) is 29.0 Å². The fourth-order valence-corrected chi connectivity index (χ4v) is 2.36. The molecule has 0 unspecified atom stereocenters. The van der Waals surface area contributed by atoms with E-state index in [1.165, 1.54) is 5.56 Å². The summed E-state index contributed by atoms with van der Waals surface area (Å²) in [6, 6.07) is 17.0. The molecule has 0 bridgehead atoms. The maximum Gasteiger partial charge on any atom is 0.353 e. The van der Waals surface area contributed by atoms with Gasteiger partial charge in [0.25, 0.3) is 0 Å². The molecule has 0 atom stereocenters. The van der Waals surface area contributed by atoms with E-state index in [2.05, 4.69) is 20.6 Å². The quantitative estimate of drug-likeness (QED) is 0.459. The summed E-state index contributed by atoms with van der Waals surface area (Å²) in [5.41, 5.74) is 8.31. The van der Waals surface area contributed by atoms with Gasteiger partial charge in [-0.1, -0.05) is 48.0 Å². The zero-order valence-corrected chi connectivity index (χ0v) is 14.1. The number of rotatable bonds is 6. The number of benzene rings is 2. The Bertz CT molecular complexity index is 913. The molecule has 0 aliphatic heterocycles. The van der Waals surface area contributed by atoms with Crippen LogP contribution in [-0.2, 0) is 6.54 Å². The van der Waals surface area contributed by atoms with Gasteiger partial charge < -0.3 is 16.4 Å². The summed E-state index contributed by atoms with van der Waals surface area (Å²) in [6.07, 6.45) is 0. The molecule has 0 saturated heterocycles. The van der Waals surface area contributed by atoms with E-state index >= 15 is 0 Å². The summed E-state index contributed by atoms with van der Waals surface area (Å²) >= 11 is 0. The highest BCUT2D eigenvalue weighted by atomic mass is 16.6. The predicted molar refractivity (Wildman–Crippen MR) is 101 cm³/mol. The Balaban J connectivity index is 1.86. The molecule has 0 saturated carbocycles. The summed E-state index contributed by atoms with van der Waals surface area (Å²) < 4.78 is 0. The van der Waals surface area contributed by atoms with Crippen molar-refractivity contribution in [3.05, 3.63) is 75.8 Å². The van der Waals surface area contributed by atoms with E-state index in [1.807, 2.05) is 49.4 Å². The molecule has 8 nitrogen and oxygen atoms in total. The Morgan fingerprint density at radius 1 is 1.08 bits per heavy atom. The molecule has 3 aromatic rings. The van der Waals surface area contributed by atoms with E-state index in [0.29, 0.717) is 12.2 Å². The molecule has 0 aliphatic rings. The Hall–Kier alpha value is -3.68. The second-order valence-corrected chi connectivity index (χ2v) is 5.72. The van der Waals surface area contributed by atoms with Gasteiger partial charge in [-0.05, 0) is 24.6 Å². The zero-order valence-electron chi connectivity index (χ0n) is 14.1. The van der Waals surface area contributed by atoms with Crippen molar-refractivity contribution in [3.8, 4) is 0 Å². The van der Waals surface area contributed by atoms with Gasteiger partial charge in [0.2, 0.25) is 17.6 Å². The lowest BCUT2D eigenvalue weighted by Gasteiger charge is -2.11. The highest BCUT2D eigenvalue weighted by Gasteiger charge is 2.23. The van der Waals surface area contributed by atoms with Crippen molar-refractivity contribution in [2.45, 2.75) is 13.5 Å². The van der Waals surface area contributed by atoms with Crippen LogP contribution in [0.5, 0.6) is 0 Å². The summed E-state index contributed by atoms with van der Waals surface area (Å²) in [5.74, 6) is 0.0575. The monoisotopic (exact) mass is 350 g/mol. The van der Waals surface area contributed by atoms with Crippen LogP contribution in [0.1, 0.15) is 11.1 Å². The van der Waals surface area contributed by atoms with Crippen molar-refractivity contribution >= 4 is 29.0 Å². The lowest BCUT2D eigenvalue weighted by molar-refractivity contribution is -0.383. The average molecular weight is 350 g/mol. The maximum absolute atomic E-state index is 11.3. The van der Waals surface area contributed by atoms with E-state index in [-0.39, 0.29) is 23.3 Å². The van der Waals surface area contributed by atoms with Crippen LogP contribution in [0.25, 0.3) is 0 Å². The van der Waals surface area contributed by atoms with Gasteiger partial charge in [-0.15, -0.1) is 0 Å². The Labute approximate surface area is 150 Å². The van der Waals surface area contributed by atoms with Gasteiger partial charge in [-0.3, -0.25) is 10.1 Å². The molecule has 0 radical (unpaired) electrons. The molecule has 26 heavy (non-hydrogen) atoms. The van der Waals surface area contributed by atoms with Gasteiger partial charge in [0.05, 0.1) is 4.92 Å². The van der Waals surface area contributed by atoms with Gasteiger partial charge in [-0.2, -0.15) is 9.97 Å². The Morgan fingerprint density at radius 2 is 1.77 bits per heavy atom. The van der Waals surface area contributed by atoms with Gasteiger partial charge in [0.1, 0.15) is 0 Å². The number of hydrogen-bond donors (Lipinski definition) is 3. The van der Waals surface area contributed by atoms with Crippen molar-refractivity contribution in [3.63, 3.8) is 0 Å². The minimum Gasteiger partial charge on any atom is -0.378 e. The van der Waals surface area contributed by atoms with Crippen LogP contribution in [-0.4, -0.2) is 14.9 Å². The van der Waals surface area contributed by atoms with Gasteiger partial charge >= 0.3 is 5.69 Å². The summed E-state index contributed by atoms with van der Waals surface area (Å²) in [4.78, 5) is 19.0. The predicted octanol–water partition coefficient (Wildman–Crippen LogP) is 3.63. The molecular weight excluding hydrogens is 332 g/mol. The van der Waals surface area contributed by atoms with E-state index in [4.69, 9.17) is 5.73 Å². The standard InChI is InChI=1S/C18H18N6O2/c1-12-7-9-13(10-8-12)11-20-18-22-16(19)15(24(25)26)17(23-18)21-14-5-3-2-4-6-14/h2-10H,11H2,1H3,(H4,19,20,21,22,23). The molecule has 1 heterocycles. The van der Waals surface area contributed by atoms with Crippen LogP contribution >= 0.6 is 0 Å². The SMILES string of the molecule is Cc1ccc(CNc2nc(N)c([N+](=O)[O-])c(Nc3ccccc3)n2)cc1. The van der Waals surface area contributed by atoms with Crippen molar-refractivity contribution < 1.29 is 4.92 Å². The number of aryl methyl sites for hydroxylation is 1. The molecule has 0 aliphatic carbocycles. The van der Waals surface area contributed by atoms with Crippen LogP contribution in [0.15, 0.2) is 54.6 Å². The number of aromatic nitrogens is 2. The van der Waals surface area contributed by atoms with E-state index in [1.54, 1.807) is 12.1 Å². The van der Waals surface area contributed by atoms with Crippen LogP contribution in [0, 0.1) is 17.0 Å². The number of nitrogens with one attached hydrogen (secondary N) is 2. The molecule has 8 heteroatoms. The van der Waals surface area contributed by atoms with Crippen molar-refractivity contribution in [1.29, 1.82) is 0 Å². The van der Waals surface area contributed by atoms with Crippen LogP contribution in [0.2, 0.25) is 0 Å². The molecule has 0 spiro atoms. The minimum absolute atomic E-state index is 0.0418. The first-order valence-corrected chi connectivity index (χ1v) is 7.96. The molecule has 2 aromatic carbocycles. The van der Waals surface area contributed by atoms with Crippen molar-refractivity contribution in [2.75, 3.05) is 16.4 Å². The number of nitrogens with two attached hydrogens (primary N) is 1. The lowest BCUT2D eigenvalue weighted by Crippen LogP contribution is -2.10. The van der Waals surface area contributed by atoms with E-state index < -0.39 is 4.92 Å². The molecule has 4 N–H and O–H groups in total. The number of para-hydroxylation sites is 1. The highest BCUT2D eigenvalue weighted by Crippen LogP contribution is 2.31. The van der Waals surface area contributed by atoms with E-state index in [0.717, 1.165) is 5.56 Å². The summed E-state index contributed by atoms with van der Waals surface area (Å²) in [5, 5.41) is 17.3.